The summed E-state index contributed by atoms with van der Waals surface area (Å²) in [6.07, 6.45) is 0.716. The Morgan fingerprint density at radius 3 is 2.42 bits per heavy atom. The maximum atomic E-state index is 12.2. The van der Waals surface area contributed by atoms with Gasteiger partial charge in [0.25, 0.3) is 0 Å². The van der Waals surface area contributed by atoms with Crippen molar-refractivity contribution in [2.24, 2.45) is 0 Å². The van der Waals surface area contributed by atoms with Crippen LogP contribution in [0.5, 0.6) is 0 Å². The zero-order valence-corrected chi connectivity index (χ0v) is 14.8. The van der Waals surface area contributed by atoms with Gasteiger partial charge < -0.3 is 10.1 Å². The standard InChI is InChI=1S/C21H27NO2/c1-16(2)24-15-19-9-7-8-18(13-19)14-22-21(23)12-17(3)20-10-5-4-6-11-20/h4-11,13,16-17H,12,14-15H2,1-3H3,(H,22,23). The predicted molar refractivity (Wildman–Crippen MR) is 97.7 cm³/mol. The summed E-state index contributed by atoms with van der Waals surface area (Å²) in [7, 11) is 0. The van der Waals surface area contributed by atoms with Gasteiger partial charge in [-0.3, -0.25) is 4.79 Å². The maximum Gasteiger partial charge on any atom is 0.220 e. The Balaban J connectivity index is 1.82. The second-order valence-electron chi connectivity index (χ2n) is 6.47. The Labute approximate surface area is 145 Å². The van der Waals surface area contributed by atoms with Crippen molar-refractivity contribution in [1.29, 1.82) is 0 Å². The first-order valence-corrected chi connectivity index (χ1v) is 8.55. The summed E-state index contributed by atoms with van der Waals surface area (Å²) >= 11 is 0. The first-order valence-electron chi connectivity index (χ1n) is 8.55. The molecule has 0 bridgehead atoms. The Morgan fingerprint density at radius 1 is 1.00 bits per heavy atom. The fourth-order valence-electron chi connectivity index (χ4n) is 2.54. The second kappa shape index (κ2) is 9.24. The minimum Gasteiger partial charge on any atom is -0.374 e. The van der Waals surface area contributed by atoms with E-state index in [0.29, 0.717) is 19.6 Å². The molecule has 1 amide bonds. The van der Waals surface area contributed by atoms with Crippen molar-refractivity contribution >= 4 is 5.91 Å². The molecule has 1 atom stereocenters. The largest absolute Gasteiger partial charge is 0.374 e. The molecule has 2 aromatic rings. The molecule has 1 unspecified atom stereocenters. The van der Waals surface area contributed by atoms with Crippen LogP contribution in [0.3, 0.4) is 0 Å². The minimum absolute atomic E-state index is 0.0789. The number of hydrogen-bond acceptors (Lipinski definition) is 2. The van der Waals surface area contributed by atoms with E-state index in [-0.39, 0.29) is 17.9 Å². The third kappa shape index (κ3) is 6.17. The number of amides is 1. The van der Waals surface area contributed by atoms with E-state index in [1.807, 2.05) is 50.2 Å². The monoisotopic (exact) mass is 325 g/mol. The molecule has 0 saturated carbocycles. The van der Waals surface area contributed by atoms with Gasteiger partial charge in [0.15, 0.2) is 0 Å². The van der Waals surface area contributed by atoms with Gasteiger partial charge >= 0.3 is 0 Å². The second-order valence-corrected chi connectivity index (χ2v) is 6.47. The summed E-state index contributed by atoms with van der Waals surface area (Å²) in [4.78, 5) is 12.2. The molecule has 0 aliphatic carbocycles. The topological polar surface area (TPSA) is 38.3 Å². The van der Waals surface area contributed by atoms with Crippen LogP contribution in [0, 0.1) is 0 Å². The van der Waals surface area contributed by atoms with Crippen molar-refractivity contribution in [2.45, 2.75) is 52.4 Å². The Morgan fingerprint density at radius 2 is 1.71 bits per heavy atom. The normalized spacial score (nSPS) is 12.2. The van der Waals surface area contributed by atoms with E-state index in [9.17, 15) is 4.79 Å². The van der Waals surface area contributed by atoms with Crippen molar-refractivity contribution < 1.29 is 9.53 Å². The van der Waals surface area contributed by atoms with Gasteiger partial charge in [0, 0.05) is 13.0 Å². The zero-order valence-electron chi connectivity index (χ0n) is 14.8. The molecule has 3 heteroatoms. The summed E-state index contributed by atoms with van der Waals surface area (Å²) in [5.74, 6) is 0.298. The molecule has 0 saturated heterocycles. The average molecular weight is 325 g/mol. The summed E-state index contributed by atoms with van der Waals surface area (Å²) in [6, 6.07) is 18.3. The van der Waals surface area contributed by atoms with Crippen molar-refractivity contribution in [2.75, 3.05) is 0 Å². The van der Waals surface area contributed by atoms with Gasteiger partial charge in [0.2, 0.25) is 5.91 Å². The van der Waals surface area contributed by atoms with Crippen LogP contribution < -0.4 is 5.32 Å². The van der Waals surface area contributed by atoms with Crippen molar-refractivity contribution in [3.8, 4) is 0 Å². The predicted octanol–water partition coefficient (Wildman–Crippen LogP) is 4.42. The van der Waals surface area contributed by atoms with E-state index in [2.05, 4.69) is 30.4 Å². The molecule has 128 valence electrons. The first-order chi connectivity index (χ1) is 11.5. The maximum absolute atomic E-state index is 12.2. The van der Waals surface area contributed by atoms with E-state index < -0.39 is 0 Å². The third-order valence-electron chi connectivity index (χ3n) is 3.92. The lowest BCUT2D eigenvalue weighted by molar-refractivity contribution is -0.121. The molecule has 0 aliphatic rings. The van der Waals surface area contributed by atoms with Crippen LogP contribution in [0.2, 0.25) is 0 Å². The van der Waals surface area contributed by atoms with Crippen LogP contribution in [0.25, 0.3) is 0 Å². The molecule has 0 aliphatic heterocycles. The lowest BCUT2D eigenvalue weighted by Gasteiger charge is -2.13. The van der Waals surface area contributed by atoms with Crippen molar-refractivity contribution in [3.05, 3.63) is 71.3 Å². The lowest BCUT2D eigenvalue weighted by Crippen LogP contribution is -2.24. The zero-order chi connectivity index (χ0) is 17.4. The molecule has 1 N–H and O–H groups in total. The van der Waals surface area contributed by atoms with E-state index in [4.69, 9.17) is 4.74 Å². The Hall–Kier alpha value is -2.13. The third-order valence-corrected chi connectivity index (χ3v) is 3.92. The van der Waals surface area contributed by atoms with Gasteiger partial charge in [-0.05, 0) is 36.5 Å². The number of rotatable bonds is 8. The Bertz CT molecular complexity index is 637. The van der Waals surface area contributed by atoms with Gasteiger partial charge in [-0.1, -0.05) is 61.5 Å². The highest BCUT2D eigenvalue weighted by Crippen LogP contribution is 2.18. The highest BCUT2D eigenvalue weighted by Gasteiger charge is 2.10. The van der Waals surface area contributed by atoms with E-state index in [1.165, 1.54) is 5.56 Å². The summed E-state index contributed by atoms with van der Waals surface area (Å²) in [5.41, 5.74) is 3.43. The number of nitrogens with one attached hydrogen (secondary N) is 1. The molecule has 2 aromatic carbocycles. The van der Waals surface area contributed by atoms with E-state index in [0.717, 1.165) is 11.1 Å². The fourth-order valence-corrected chi connectivity index (χ4v) is 2.54. The van der Waals surface area contributed by atoms with Crippen molar-refractivity contribution in [3.63, 3.8) is 0 Å². The smallest absolute Gasteiger partial charge is 0.220 e. The quantitative estimate of drug-likeness (QED) is 0.780. The summed E-state index contributed by atoms with van der Waals surface area (Å²) < 4.78 is 5.62. The van der Waals surface area contributed by atoms with Gasteiger partial charge in [0.1, 0.15) is 0 Å². The van der Waals surface area contributed by atoms with Crippen LogP contribution in [0.1, 0.15) is 49.8 Å². The van der Waals surface area contributed by atoms with E-state index in [1.54, 1.807) is 0 Å². The molecular weight excluding hydrogens is 298 g/mol. The Kier molecular flexibility index (Phi) is 7.01. The van der Waals surface area contributed by atoms with Crippen LogP contribution in [0.4, 0.5) is 0 Å². The van der Waals surface area contributed by atoms with Crippen molar-refractivity contribution in [1.82, 2.24) is 5.32 Å². The molecule has 0 aromatic heterocycles. The summed E-state index contributed by atoms with van der Waals surface area (Å²) in [5, 5.41) is 3.01. The minimum atomic E-state index is 0.0789. The van der Waals surface area contributed by atoms with Crippen LogP contribution in [0.15, 0.2) is 54.6 Å². The van der Waals surface area contributed by atoms with E-state index >= 15 is 0 Å². The van der Waals surface area contributed by atoms with Crippen LogP contribution in [-0.4, -0.2) is 12.0 Å². The molecule has 24 heavy (non-hydrogen) atoms. The number of carbonyl (C=O) groups is 1. The number of ether oxygens (including phenoxy) is 1. The summed E-state index contributed by atoms with van der Waals surface area (Å²) in [6.45, 7) is 7.29. The van der Waals surface area contributed by atoms with Gasteiger partial charge in [-0.15, -0.1) is 0 Å². The number of carbonyl (C=O) groups excluding carboxylic acids is 1. The molecular formula is C21H27NO2. The highest BCUT2D eigenvalue weighted by molar-refractivity contribution is 5.76. The molecule has 0 heterocycles. The fraction of sp³-hybridized carbons (Fsp3) is 0.381. The SMILES string of the molecule is CC(C)OCc1cccc(CNC(=O)CC(C)c2ccccc2)c1. The first kappa shape index (κ1) is 18.2. The highest BCUT2D eigenvalue weighted by atomic mass is 16.5. The molecule has 0 fully saturated rings. The van der Waals surface area contributed by atoms with Crippen LogP contribution >= 0.6 is 0 Å². The van der Waals surface area contributed by atoms with Gasteiger partial charge in [-0.2, -0.15) is 0 Å². The molecule has 2 rings (SSSR count). The number of benzene rings is 2. The lowest BCUT2D eigenvalue weighted by atomic mass is 9.97. The van der Waals surface area contributed by atoms with Gasteiger partial charge in [0.05, 0.1) is 12.7 Å². The molecule has 0 spiro atoms. The average Bonchev–Trinajstić information content (AvgIpc) is 2.59. The van der Waals surface area contributed by atoms with Gasteiger partial charge in [-0.25, -0.2) is 0 Å². The molecule has 3 nitrogen and oxygen atoms in total. The number of hydrogen-bond donors (Lipinski definition) is 1. The molecule has 0 radical (unpaired) electrons. The van der Waals surface area contributed by atoms with Crippen LogP contribution in [-0.2, 0) is 22.7 Å².